The zero-order valence-electron chi connectivity index (χ0n) is 19.5. The first-order valence-electron chi connectivity index (χ1n) is 11.0. The predicted octanol–water partition coefficient (Wildman–Crippen LogP) is 3.88. The van der Waals surface area contributed by atoms with E-state index in [9.17, 15) is 9.59 Å². The second-order valence-corrected chi connectivity index (χ2v) is 8.26. The molecular weight excluding hydrogens is 434 g/mol. The predicted molar refractivity (Wildman–Crippen MR) is 127 cm³/mol. The van der Waals surface area contributed by atoms with E-state index in [4.69, 9.17) is 14.2 Å². The van der Waals surface area contributed by atoms with E-state index < -0.39 is 0 Å². The molecule has 4 aromatic rings. The Morgan fingerprint density at radius 1 is 0.971 bits per heavy atom. The van der Waals surface area contributed by atoms with Gasteiger partial charge in [-0.1, -0.05) is 18.2 Å². The summed E-state index contributed by atoms with van der Waals surface area (Å²) in [6.07, 6.45) is 0. The molecule has 0 atom stereocenters. The lowest BCUT2D eigenvalue weighted by Crippen LogP contribution is -2.22. The van der Waals surface area contributed by atoms with Crippen LogP contribution in [0.25, 0.3) is 11.4 Å². The highest BCUT2D eigenvalue weighted by Gasteiger charge is 2.24. The van der Waals surface area contributed by atoms with Gasteiger partial charge in [0.15, 0.2) is 18.1 Å². The topological polar surface area (TPSA) is 76.6 Å². The quantitative estimate of drug-likeness (QED) is 0.409. The smallest absolute Gasteiger partial charge is 0.295 e. The van der Waals surface area contributed by atoms with Crippen molar-refractivity contribution in [3.05, 3.63) is 87.6 Å². The molecule has 0 spiro atoms. The molecular formula is C26H25N3O5. The van der Waals surface area contributed by atoms with Gasteiger partial charge in [-0.25, -0.2) is 4.68 Å². The van der Waals surface area contributed by atoms with Gasteiger partial charge in [0.05, 0.1) is 11.4 Å². The third kappa shape index (κ3) is 3.48. The molecule has 3 heterocycles. The average Bonchev–Trinajstić information content (AvgIpc) is 3.48. The summed E-state index contributed by atoms with van der Waals surface area (Å²) in [5, 5.41) is 0. The van der Waals surface area contributed by atoms with E-state index >= 15 is 0 Å². The van der Waals surface area contributed by atoms with Crippen LogP contribution in [0, 0.1) is 20.8 Å². The molecule has 2 aromatic heterocycles. The Bertz CT molecular complexity index is 1460. The van der Waals surface area contributed by atoms with Crippen LogP contribution >= 0.6 is 0 Å². The van der Waals surface area contributed by atoms with Crippen LogP contribution in [-0.4, -0.2) is 33.1 Å². The molecule has 0 amide bonds. The molecule has 8 nitrogen and oxygen atoms in total. The second-order valence-electron chi connectivity index (χ2n) is 8.26. The highest BCUT2D eigenvalue weighted by Crippen LogP contribution is 2.35. The summed E-state index contributed by atoms with van der Waals surface area (Å²) in [4.78, 5) is 26.5. The third-order valence-corrected chi connectivity index (χ3v) is 6.19. The number of aryl methyl sites for hydroxylation is 1. The van der Waals surface area contributed by atoms with Gasteiger partial charge >= 0.3 is 0 Å². The lowest BCUT2D eigenvalue weighted by Gasteiger charge is -2.09. The summed E-state index contributed by atoms with van der Waals surface area (Å²) in [6, 6.07) is 16.5. The van der Waals surface area contributed by atoms with Crippen molar-refractivity contribution in [2.75, 3.05) is 13.4 Å². The molecule has 0 saturated heterocycles. The van der Waals surface area contributed by atoms with Crippen molar-refractivity contribution in [1.29, 1.82) is 0 Å². The van der Waals surface area contributed by atoms with E-state index in [2.05, 4.69) is 0 Å². The number of hydrogen-bond acceptors (Lipinski definition) is 5. The van der Waals surface area contributed by atoms with Crippen LogP contribution in [0.3, 0.4) is 0 Å². The molecule has 8 heteroatoms. The number of rotatable bonds is 6. The van der Waals surface area contributed by atoms with Crippen LogP contribution in [0.4, 0.5) is 0 Å². The fraction of sp³-hybridized carbons (Fsp3) is 0.231. The minimum absolute atomic E-state index is 0.133. The summed E-state index contributed by atoms with van der Waals surface area (Å²) in [5.41, 5.74) is 3.97. The Kier molecular flexibility index (Phi) is 5.28. The van der Waals surface area contributed by atoms with Gasteiger partial charge in [-0.3, -0.25) is 14.3 Å². The first-order chi connectivity index (χ1) is 16.4. The van der Waals surface area contributed by atoms with Crippen molar-refractivity contribution in [1.82, 2.24) is 13.9 Å². The van der Waals surface area contributed by atoms with E-state index in [1.807, 2.05) is 67.4 Å². The average molecular weight is 460 g/mol. The molecule has 0 unspecified atom stereocenters. The first kappa shape index (κ1) is 21.6. The molecule has 0 radical (unpaired) electrons. The molecule has 0 fully saturated rings. The fourth-order valence-corrected chi connectivity index (χ4v) is 4.39. The number of ether oxygens (including phenoxy) is 3. The van der Waals surface area contributed by atoms with Crippen molar-refractivity contribution in [2.45, 2.75) is 20.8 Å². The van der Waals surface area contributed by atoms with Crippen LogP contribution in [0.15, 0.2) is 59.4 Å². The Labute approximate surface area is 196 Å². The highest BCUT2D eigenvalue weighted by molar-refractivity contribution is 5.98. The number of para-hydroxylation sites is 1. The number of nitrogens with zero attached hydrogens (tertiary/aromatic N) is 3. The molecule has 0 saturated carbocycles. The van der Waals surface area contributed by atoms with E-state index in [1.165, 1.54) is 0 Å². The van der Waals surface area contributed by atoms with Crippen LogP contribution in [0.2, 0.25) is 0 Å². The number of carbonyl (C=O) groups excluding carboxylic acids is 1. The lowest BCUT2D eigenvalue weighted by atomic mass is 10.1. The Hall–Kier alpha value is -4.20. The van der Waals surface area contributed by atoms with Crippen molar-refractivity contribution in [3.63, 3.8) is 0 Å². The van der Waals surface area contributed by atoms with Crippen molar-refractivity contribution < 1.29 is 19.0 Å². The normalized spacial score (nSPS) is 12.2. The summed E-state index contributed by atoms with van der Waals surface area (Å²) in [6.45, 7) is 5.68. The minimum Gasteiger partial charge on any atom is -0.485 e. The van der Waals surface area contributed by atoms with Crippen molar-refractivity contribution >= 4 is 5.78 Å². The van der Waals surface area contributed by atoms with Crippen LogP contribution in [0.5, 0.6) is 17.2 Å². The van der Waals surface area contributed by atoms with Gasteiger partial charge in [0.25, 0.3) is 5.56 Å². The highest BCUT2D eigenvalue weighted by atomic mass is 16.7. The number of benzene rings is 2. The molecule has 1 aliphatic rings. The fourth-order valence-electron chi connectivity index (χ4n) is 4.39. The number of Topliss-reactive ketones (excluding diaryl/α,β-unsaturated/α-hetero) is 1. The molecule has 0 bridgehead atoms. The summed E-state index contributed by atoms with van der Waals surface area (Å²) in [7, 11) is 1.85. The zero-order chi connectivity index (χ0) is 24.0. The zero-order valence-corrected chi connectivity index (χ0v) is 19.5. The van der Waals surface area contributed by atoms with Crippen molar-refractivity contribution in [3.8, 4) is 28.6 Å². The Morgan fingerprint density at radius 3 is 2.47 bits per heavy atom. The van der Waals surface area contributed by atoms with Gasteiger partial charge in [0.1, 0.15) is 11.4 Å². The third-order valence-electron chi connectivity index (χ3n) is 6.19. The first-order valence-corrected chi connectivity index (χ1v) is 11.0. The lowest BCUT2D eigenvalue weighted by molar-refractivity contribution is 0.0920. The van der Waals surface area contributed by atoms with Gasteiger partial charge in [-0.15, -0.1) is 0 Å². The Morgan fingerprint density at radius 2 is 1.71 bits per heavy atom. The summed E-state index contributed by atoms with van der Waals surface area (Å²) in [5.74, 6) is 1.60. The van der Waals surface area contributed by atoms with Gasteiger partial charge < -0.3 is 18.8 Å². The molecule has 174 valence electrons. The van der Waals surface area contributed by atoms with Crippen molar-refractivity contribution in [2.24, 2.45) is 7.05 Å². The van der Waals surface area contributed by atoms with Gasteiger partial charge in [-0.2, -0.15) is 0 Å². The summed E-state index contributed by atoms with van der Waals surface area (Å²) >= 11 is 0. The maximum Gasteiger partial charge on any atom is 0.295 e. The SMILES string of the molecule is Cc1cc(C(=O)COc2ccc3c(c2)OCO3)c(C)n1-c1c(C)n(C)n(-c2ccccc2)c1=O. The number of aromatic nitrogens is 3. The van der Waals surface area contributed by atoms with Gasteiger partial charge in [0.2, 0.25) is 12.6 Å². The number of ketones is 1. The monoisotopic (exact) mass is 459 g/mol. The van der Waals surface area contributed by atoms with E-state index in [0.29, 0.717) is 34.2 Å². The molecule has 2 aromatic carbocycles. The van der Waals surface area contributed by atoms with E-state index in [-0.39, 0.29) is 24.7 Å². The van der Waals surface area contributed by atoms with E-state index in [0.717, 1.165) is 17.1 Å². The van der Waals surface area contributed by atoms with E-state index in [1.54, 1.807) is 28.9 Å². The van der Waals surface area contributed by atoms with Crippen LogP contribution < -0.4 is 19.8 Å². The molecule has 0 N–H and O–H groups in total. The maximum atomic E-state index is 13.5. The van der Waals surface area contributed by atoms with Crippen LogP contribution in [-0.2, 0) is 7.05 Å². The largest absolute Gasteiger partial charge is 0.485 e. The molecule has 1 aliphatic heterocycles. The number of hydrogen-bond donors (Lipinski definition) is 0. The maximum absolute atomic E-state index is 13.5. The molecule has 34 heavy (non-hydrogen) atoms. The van der Waals surface area contributed by atoms with Gasteiger partial charge in [-0.05, 0) is 51.1 Å². The molecule has 0 aliphatic carbocycles. The minimum atomic E-state index is -0.172. The number of fused-ring (bicyclic) bond motifs is 1. The number of carbonyl (C=O) groups is 1. The molecule has 5 rings (SSSR count). The van der Waals surface area contributed by atoms with Crippen LogP contribution in [0.1, 0.15) is 27.4 Å². The second kappa shape index (κ2) is 8.30. The van der Waals surface area contributed by atoms with Gasteiger partial charge in [0, 0.05) is 30.1 Å². The summed E-state index contributed by atoms with van der Waals surface area (Å²) < 4.78 is 21.7. The standard InChI is InChI=1S/C26H25N3O5/c1-16-12-21(22(30)14-32-20-10-11-23-24(13-20)34-15-33-23)17(2)28(16)25-18(3)27(4)29(26(25)31)19-8-6-5-7-9-19/h5-13H,14-15H2,1-4H3. The Balaban J connectivity index is 1.46.